The van der Waals surface area contributed by atoms with E-state index >= 15 is 0 Å². The first-order valence-corrected chi connectivity index (χ1v) is 8.17. The van der Waals surface area contributed by atoms with Crippen molar-refractivity contribution < 1.29 is 14.6 Å². The van der Waals surface area contributed by atoms with E-state index in [1.165, 1.54) is 0 Å². The molecule has 3 nitrogen and oxygen atoms in total. The molecule has 1 aromatic rings. The van der Waals surface area contributed by atoms with Crippen LogP contribution in [-0.4, -0.2) is 22.1 Å². The van der Waals surface area contributed by atoms with E-state index in [1.807, 2.05) is 6.92 Å². The van der Waals surface area contributed by atoms with Crippen molar-refractivity contribution in [3.05, 3.63) is 23.8 Å². The topological polar surface area (TPSA) is 38.7 Å². The largest absolute Gasteiger partial charge is 0.490 e. The zero-order valence-corrected chi connectivity index (χ0v) is 14.5. The van der Waals surface area contributed by atoms with Crippen molar-refractivity contribution >= 4 is 34.8 Å². The van der Waals surface area contributed by atoms with Gasteiger partial charge in [-0.2, -0.15) is 0 Å². The second-order valence-corrected chi connectivity index (χ2v) is 7.01. The molecule has 0 aliphatic carbocycles. The van der Waals surface area contributed by atoms with E-state index in [4.69, 9.17) is 44.3 Å². The zero-order valence-electron chi connectivity index (χ0n) is 12.2. The van der Waals surface area contributed by atoms with Gasteiger partial charge in [-0.1, -0.05) is 60.6 Å². The van der Waals surface area contributed by atoms with Crippen LogP contribution in [0.5, 0.6) is 11.5 Å². The van der Waals surface area contributed by atoms with Crippen LogP contribution in [0.1, 0.15) is 44.8 Å². The van der Waals surface area contributed by atoms with Gasteiger partial charge in [-0.25, -0.2) is 0 Å². The molecular formula is C15H21Cl3O3. The van der Waals surface area contributed by atoms with Crippen molar-refractivity contribution in [1.29, 1.82) is 0 Å². The van der Waals surface area contributed by atoms with Crippen LogP contribution in [-0.2, 0) is 0 Å². The first-order valence-electron chi connectivity index (χ1n) is 7.04. The average molecular weight is 356 g/mol. The van der Waals surface area contributed by atoms with E-state index in [9.17, 15) is 5.11 Å². The molecule has 0 radical (unpaired) electrons. The Kier molecular flexibility index (Phi) is 7.96. The summed E-state index contributed by atoms with van der Waals surface area (Å²) in [7, 11) is 0. The van der Waals surface area contributed by atoms with Crippen LogP contribution in [0.4, 0.5) is 0 Å². The van der Waals surface area contributed by atoms with Gasteiger partial charge in [0.1, 0.15) is 6.10 Å². The number of halogens is 3. The minimum Gasteiger partial charge on any atom is -0.490 e. The van der Waals surface area contributed by atoms with E-state index in [0.29, 0.717) is 30.3 Å². The average Bonchev–Trinajstić information content (AvgIpc) is 2.43. The summed E-state index contributed by atoms with van der Waals surface area (Å²) in [6.45, 7) is 5.12. The molecule has 6 heteroatoms. The van der Waals surface area contributed by atoms with Crippen molar-refractivity contribution in [2.45, 2.75) is 43.0 Å². The Morgan fingerprint density at radius 2 is 1.81 bits per heavy atom. The summed E-state index contributed by atoms with van der Waals surface area (Å²) in [5, 5.41) is 9.99. The zero-order chi connectivity index (χ0) is 15.9. The van der Waals surface area contributed by atoms with Crippen LogP contribution in [0.15, 0.2) is 18.2 Å². The molecule has 0 heterocycles. The Labute approximate surface area is 141 Å². The highest BCUT2D eigenvalue weighted by Gasteiger charge is 2.32. The lowest BCUT2D eigenvalue weighted by Crippen LogP contribution is -2.16. The van der Waals surface area contributed by atoms with Gasteiger partial charge in [0.2, 0.25) is 3.79 Å². The predicted octanol–water partition coefficient (Wildman–Crippen LogP) is 5.06. The molecule has 0 spiro atoms. The molecule has 120 valence electrons. The Hall–Kier alpha value is -0.350. The lowest BCUT2D eigenvalue weighted by molar-refractivity contribution is 0.181. The fourth-order valence-corrected chi connectivity index (χ4v) is 2.18. The van der Waals surface area contributed by atoms with Gasteiger partial charge in [-0.15, -0.1) is 0 Å². The van der Waals surface area contributed by atoms with Gasteiger partial charge in [0.25, 0.3) is 0 Å². The molecular weight excluding hydrogens is 335 g/mol. The second-order valence-electron chi connectivity index (χ2n) is 4.64. The molecule has 0 saturated heterocycles. The number of benzene rings is 1. The monoisotopic (exact) mass is 354 g/mol. The number of hydrogen-bond acceptors (Lipinski definition) is 3. The molecule has 21 heavy (non-hydrogen) atoms. The Morgan fingerprint density at radius 3 is 2.38 bits per heavy atom. The summed E-state index contributed by atoms with van der Waals surface area (Å²) in [6, 6.07) is 5.04. The third-order valence-corrected chi connectivity index (χ3v) is 3.52. The van der Waals surface area contributed by atoms with Gasteiger partial charge >= 0.3 is 0 Å². The van der Waals surface area contributed by atoms with Gasteiger partial charge in [-0.05, 0) is 31.0 Å². The summed E-state index contributed by atoms with van der Waals surface area (Å²) >= 11 is 17.1. The molecule has 0 aliphatic heterocycles. The number of aliphatic hydroxyl groups is 1. The molecule has 0 aliphatic rings. The predicted molar refractivity (Wildman–Crippen MR) is 87.9 cm³/mol. The summed E-state index contributed by atoms with van der Waals surface area (Å²) < 4.78 is 9.45. The molecule has 0 bridgehead atoms. The third kappa shape index (κ3) is 6.11. The lowest BCUT2D eigenvalue weighted by Gasteiger charge is -2.21. The molecule has 0 saturated carbocycles. The molecule has 0 unspecified atom stereocenters. The highest BCUT2D eigenvalue weighted by molar-refractivity contribution is 6.68. The van der Waals surface area contributed by atoms with Crippen LogP contribution in [0.2, 0.25) is 0 Å². The summed E-state index contributed by atoms with van der Waals surface area (Å²) in [5.74, 6) is 1.17. The number of unbranched alkanes of at least 4 members (excludes halogenated alkanes) is 2. The molecule has 0 amide bonds. The van der Waals surface area contributed by atoms with Gasteiger partial charge in [0.05, 0.1) is 13.2 Å². The maximum atomic E-state index is 9.99. The van der Waals surface area contributed by atoms with Crippen molar-refractivity contribution in [3.63, 3.8) is 0 Å². The summed E-state index contributed by atoms with van der Waals surface area (Å²) in [5.41, 5.74) is 0.472. The minimum atomic E-state index is -1.78. The van der Waals surface area contributed by atoms with Crippen LogP contribution >= 0.6 is 34.8 Å². The van der Waals surface area contributed by atoms with Crippen molar-refractivity contribution in [2.24, 2.45) is 0 Å². The van der Waals surface area contributed by atoms with Crippen molar-refractivity contribution in [3.8, 4) is 11.5 Å². The van der Waals surface area contributed by atoms with E-state index in [-0.39, 0.29) is 0 Å². The number of alkyl halides is 3. The van der Waals surface area contributed by atoms with E-state index < -0.39 is 9.90 Å². The number of rotatable bonds is 8. The summed E-state index contributed by atoms with van der Waals surface area (Å²) in [6.07, 6.45) is 2.01. The molecule has 0 fully saturated rings. The van der Waals surface area contributed by atoms with Crippen LogP contribution in [0.25, 0.3) is 0 Å². The Bertz CT molecular complexity index is 433. The normalized spacial score (nSPS) is 13.0. The van der Waals surface area contributed by atoms with Crippen LogP contribution in [0, 0.1) is 0 Å². The maximum absolute atomic E-state index is 9.99. The molecule has 1 aromatic carbocycles. The quantitative estimate of drug-likeness (QED) is 0.523. The van der Waals surface area contributed by atoms with Gasteiger partial charge < -0.3 is 14.6 Å². The molecule has 0 aromatic heterocycles. The fraction of sp³-hybridized carbons (Fsp3) is 0.600. The first kappa shape index (κ1) is 18.7. The molecule has 1 rings (SSSR count). The third-order valence-electron chi connectivity index (χ3n) is 2.90. The standard InChI is InChI=1S/C15H21Cl3O3/c1-3-5-6-9-21-12-8-7-11(10-13(12)20-4-2)14(19)15(16,17)18/h7-8,10,14,19H,3-6,9H2,1-2H3/t14-/m0/s1. The fourth-order valence-electron chi connectivity index (χ4n) is 1.81. The smallest absolute Gasteiger partial charge is 0.220 e. The Balaban J connectivity index is 2.86. The molecule has 1 atom stereocenters. The SMILES string of the molecule is CCCCCOc1ccc([C@H](O)C(Cl)(Cl)Cl)cc1OCC. The highest BCUT2D eigenvalue weighted by atomic mass is 35.6. The first-order chi connectivity index (χ1) is 9.90. The van der Waals surface area contributed by atoms with Crippen LogP contribution < -0.4 is 9.47 Å². The molecule has 1 N–H and O–H groups in total. The highest BCUT2D eigenvalue weighted by Crippen LogP contribution is 2.41. The Morgan fingerprint density at radius 1 is 1.10 bits per heavy atom. The number of ether oxygens (including phenoxy) is 2. The maximum Gasteiger partial charge on any atom is 0.220 e. The van der Waals surface area contributed by atoms with E-state index in [2.05, 4.69) is 6.92 Å². The van der Waals surface area contributed by atoms with Gasteiger partial charge in [0.15, 0.2) is 11.5 Å². The van der Waals surface area contributed by atoms with E-state index in [1.54, 1.807) is 18.2 Å². The lowest BCUT2D eigenvalue weighted by atomic mass is 10.1. The number of hydrogen-bond donors (Lipinski definition) is 1. The summed E-state index contributed by atoms with van der Waals surface area (Å²) in [4.78, 5) is 0. The van der Waals surface area contributed by atoms with Crippen molar-refractivity contribution in [1.82, 2.24) is 0 Å². The van der Waals surface area contributed by atoms with Crippen molar-refractivity contribution in [2.75, 3.05) is 13.2 Å². The van der Waals surface area contributed by atoms with Crippen LogP contribution in [0.3, 0.4) is 0 Å². The van der Waals surface area contributed by atoms with Gasteiger partial charge in [-0.3, -0.25) is 0 Å². The number of aliphatic hydroxyl groups excluding tert-OH is 1. The minimum absolute atomic E-state index is 0.472. The second kappa shape index (κ2) is 8.94. The van der Waals surface area contributed by atoms with Gasteiger partial charge in [0, 0.05) is 0 Å². The van der Waals surface area contributed by atoms with E-state index in [0.717, 1.165) is 19.3 Å².